The summed E-state index contributed by atoms with van der Waals surface area (Å²) in [7, 11) is 0. The average Bonchev–Trinajstić information content (AvgIpc) is 2.98. The SMILES string of the molecule is NNC(c1ccco1)C1Cc2ccccc2O1. The van der Waals surface area contributed by atoms with Crippen molar-refractivity contribution in [3.63, 3.8) is 0 Å². The molecule has 17 heavy (non-hydrogen) atoms. The molecule has 88 valence electrons. The highest BCUT2D eigenvalue weighted by atomic mass is 16.5. The van der Waals surface area contributed by atoms with Crippen LogP contribution in [-0.4, -0.2) is 6.10 Å². The molecule has 0 spiro atoms. The summed E-state index contributed by atoms with van der Waals surface area (Å²) in [5.41, 5.74) is 3.97. The molecular formula is C13H14N2O2. The Bertz CT molecular complexity index is 471. The van der Waals surface area contributed by atoms with Crippen LogP contribution in [0.15, 0.2) is 47.1 Å². The molecule has 2 unspecified atom stereocenters. The number of furan rings is 1. The molecule has 2 atom stereocenters. The smallest absolute Gasteiger partial charge is 0.127 e. The van der Waals surface area contributed by atoms with E-state index in [-0.39, 0.29) is 12.1 Å². The van der Waals surface area contributed by atoms with E-state index in [2.05, 4.69) is 11.5 Å². The van der Waals surface area contributed by atoms with Crippen LogP contribution in [0.1, 0.15) is 17.4 Å². The molecule has 0 saturated heterocycles. The molecule has 0 bridgehead atoms. The predicted molar refractivity (Wildman–Crippen MR) is 63.3 cm³/mol. The zero-order valence-corrected chi connectivity index (χ0v) is 9.30. The highest BCUT2D eigenvalue weighted by Crippen LogP contribution is 2.33. The predicted octanol–water partition coefficient (Wildman–Crippen LogP) is 1.79. The van der Waals surface area contributed by atoms with Crippen molar-refractivity contribution in [2.24, 2.45) is 5.84 Å². The van der Waals surface area contributed by atoms with E-state index in [0.29, 0.717) is 0 Å². The van der Waals surface area contributed by atoms with Gasteiger partial charge in [-0.1, -0.05) is 18.2 Å². The summed E-state index contributed by atoms with van der Waals surface area (Å²) >= 11 is 0. The molecule has 3 rings (SSSR count). The van der Waals surface area contributed by atoms with Gasteiger partial charge in [-0.05, 0) is 23.8 Å². The molecule has 2 heterocycles. The lowest BCUT2D eigenvalue weighted by atomic mass is 10.0. The third kappa shape index (κ3) is 1.81. The van der Waals surface area contributed by atoms with Crippen molar-refractivity contribution in [1.82, 2.24) is 5.43 Å². The molecule has 1 aromatic heterocycles. The molecule has 4 nitrogen and oxygen atoms in total. The van der Waals surface area contributed by atoms with Crippen molar-refractivity contribution >= 4 is 0 Å². The Kier molecular flexibility index (Phi) is 2.59. The van der Waals surface area contributed by atoms with Gasteiger partial charge in [0.1, 0.15) is 23.7 Å². The molecule has 1 aromatic carbocycles. The van der Waals surface area contributed by atoms with Crippen LogP contribution in [0.5, 0.6) is 5.75 Å². The fourth-order valence-electron chi connectivity index (χ4n) is 2.24. The number of nitrogens with two attached hydrogens (primary N) is 1. The largest absolute Gasteiger partial charge is 0.488 e. The molecular weight excluding hydrogens is 216 g/mol. The first kappa shape index (κ1) is 10.4. The highest BCUT2D eigenvalue weighted by Gasteiger charge is 2.32. The summed E-state index contributed by atoms with van der Waals surface area (Å²) in [5, 5.41) is 0. The topological polar surface area (TPSA) is 60.4 Å². The van der Waals surface area contributed by atoms with Gasteiger partial charge >= 0.3 is 0 Å². The normalized spacial score (nSPS) is 19.7. The van der Waals surface area contributed by atoms with Gasteiger partial charge < -0.3 is 9.15 Å². The second kappa shape index (κ2) is 4.24. The van der Waals surface area contributed by atoms with Crippen molar-refractivity contribution in [3.8, 4) is 5.75 Å². The van der Waals surface area contributed by atoms with Crippen molar-refractivity contribution in [3.05, 3.63) is 54.0 Å². The second-order valence-electron chi connectivity index (χ2n) is 4.13. The van der Waals surface area contributed by atoms with Crippen molar-refractivity contribution in [1.29, 1.82) is 0 Å². The summed E-state index contributed by atoms with van der Waals surface area (Å²) in [6.07, 6.45) is 2.46. The van der Waals surface area contributed by atoms with Crippen LogP contribution >= 0.6 is 0 Å². The fraction of sp³-hybridized carbons (Fsp3) is 0.231. The van der Waals surface area contributed by atoms with Crippen LogP contribution in [0, 0.1) is 0 Å². The van der Waals surface area contributed by atoms with Crippen LogP contribution < -0.4 is 16.0 Å². The Morgan fingerprint density at radius 3 is 2.82 bits per heavy atom. The monoisotopic (exact) mass is 230 g/mol. The van der Waals surface area contributed by atoms with Crippen LogP contribution in [0.3, 0.4) is 0 Å². The number of para-hydroxylation sites is 1. The number of rotatable bonds is 3. The zero-order chi connectivity index (χ0) is 11.7. The average molecular weight is 230 g/mol. The van der Waals surface area contributed by atoms with E-state index in [1.54, 1.807) is 6.26 Å². The number of hydrazine groups is 1. The molecule has 0 aliphatic carbocycles. The maximum atomic E-state index is 5.88. The Hall–Kier alpha value is -1.78. The molecule has 0 saturated carbocycles. The van der Waals surface area contributed by atoms with E-state index >= 15 is 0 Å². The van der Waals surface area contributed by atoms with Gasteiger partial charge in [0.2, 0.25) is 0 Å². The van der Waals surface area contributed by atoms with Crippen molar-refractivity contribution in [2.45, 2.75) is 18.6 Å². The van der Waals surface area contributed by atoms with E-state index in [4.69, 9.17) is 15.0 Å². The quantitative estimate of drug-likeness (QED) is 0.623. The molecule has 1 aliphatic heterocycles. The van der Waals surface area contributed by atoms with Gasteiger partial charge in [0, 0.05) is 6.42 Å². The molecule has 1 aliphatic rings. The van der Waals surface area contributed by atoms with Crippen molar-refractivity contribution < 1.29 is 9.15 Å². The van der Waals surface area contributed by atoms with E-state index in [0.717, 1.165) is 17.9 Å². The molecule has 4 heteroatoms. The van der Waals surface area contributed by atoms with E-state index < -0.39 is 0 Å². The molecule has 0 amide bonds. The number of hydrogen-bond acceptors (Lipinski definition) is 4. The minimum atomic E-state index is -0.127. The third-order valence-corrected chi connectivity index (χ3v) is 3.07. The summed E-state index contributed by atoms with van der Waals surface area (Å²) in [6, 6.07) is 11.7. The lowest BCUT2D eigenvalue weighted by molar-refractivity contribution is 0.164. The first-order chi connectivity index (χ1) is 8.38. The number of benzene rings is 1. The van der Waals surface area contributed by atoms with Gasteiger partial charge in [-0.25, -0.2) is 5.43 Å². The maximum Gasteiger partial charge on any atom is 0.127 e. The van der Waals surface area contributed by atoms with Crippen molar-refractivity contribution in [2.75, 3.05) is 0 Å². The first-order valence-electron chi connectivity index (χ1n) is 5.62. The summed E-state index contributed by atoms with van der Waals surface area (Å²) in [4.78, 5) is 0. The Labute approximate surface area is 99.3 Å². The van der Waals surface area contributed by atoms with Gasteiger partial charge in [0.05, 0.1) is 6.26 Å². The van der Waals surface area contributed by atoms with E-state index in [9.17, 15) is 0 Å². The lowest BCUT2D eigenvalue weighted by Gasteiger charge is -2.20. The molecule has 0 fully saturated rings. The van der Waals surface area contributed by atoms with Crippen LogP contribution in [0.25, 0.3) is 0 Å². The lowest BCUT2D eigenvalue weighted by Crippen LogP contribution is -2.38. The molecule has 2 aromatic rings. The van der Waals surface area contributed by atoms with Gasteiger partial charge in [0.25, 0.3) is 0 Å². The third-order valence-electron chi connectivity index (χ3n) is 3.07. The number of fused-ring (bicyclic) bond motifs is 1. The minimum Gasteiger partial charge on any atom is -0.488 e. The molecule has 3 N–H and O–H groups in total. The van der Waals surface area contributed by atoms with Gasteiger partial charge in [0.15, 0.2) is 0 Å². The van der Waals surface area contributed by atoms with E-state index in [1.807, 2.05) is 30.3 Å². The zero-order valence-electron chi connectivity index (χ0n) is 9.30. The van der Waals surface area contributed by atoms with Gasteiger partial charge in [-0.2, -0.15) is 0 Å². The van der Waals surface area contributed by atoms with E-state index in [1.165, 1.54) is 5.56 Å². The fourth-order valence-corrected chi connectivity index (χ4v) is 2.24. The summed E-state index contributed by atoms with van der Waals surface area (Å²) in [5.74, 6) is 7.32. The first-order valence-corrected chi connectivity index (χ1v) is 5.62. The summed E-state index contributed by atoms with van der Waals surface area (Å²) in [6.45, 7) is 0. The van der Waals surface area contributed by atoms with Crippen LogP contribution in [0.4, 0.5) is 0 Å². The second-order valence-corrected chi connectivity index (χ2v) is 4.13. The Balaban J connectivity index is 1.83. The maximum absolute atomic E-state index is 5.88. The Morgan fingerprint density at radius 1 is 1.24 bits per heavy atom. The number of nitrogens with one attached hydrogen (secondary N) is 1. The van der Waals surface area contributed by atoms with Crippen LogP contribution in [-0.2, 0) is 6.42 Å². The minimum absolute atomic E-state index is 0.0245. The number of hydrogen-bond donors (Lipinski definition) is 2. The summed E-state index contributed by atoms with van der Waals surface area (Å²) < 4.78 is 11.3. The van der Waals surface area contributed by atoms with Gasteiger partial charge in [-0.3, -0.25) is 5.84 Å². The standard InChI is InChI=1S/C13H14N2O2/c14-15-13(11-6-3-7-16-11)12-8-9-4-1-2-5-10(9)17-12/h1-7,12-13,15H,8,14H2. The highest BCUT2D eigenvalue weighted by molar-refractivity contribution is 5.38. The van der Waals surface area contributed by atoms with Crippen LogP contribution in [0.2, 0.25) is 0 Å². The molecule has 0 radical (unpaired) electrons. The van der Waals surface area contributed by atoms with Gasteiger partial charge in [-0.15, -0.1) is 0 Å². The Morgan fingerprint density at radius 2 is 2.12 bits per heavy atom. The number of ether oxygens (including phenoxy) is 1.